The molecule has 190 valence electrons. The van der Waals surface area contributed by atoms with Crippen molar-refractivity contribution in [1.82, 2.24) is 10.2 Å². The summed E-state index contributed by atoms with van der Waals surface area (Å²) in [6.45, 7) is 1.63. The maximum absolute atomic E-state index is 13.7. The van der Waals surface area contributed by atoms with Crippen LogP contribution >= 0.6 is 11.6 Å². The number of ether oxygens (including phenoxy) is 2. The first-order valence-corrected chi connectivity index (χ1v) is 13.0. The highest BCUT2D eigenvalue weighted by molar-refractivity contribution is 6.31. The van der Waals surface area contributed by atoms with E-state index in [2.05, 4.69) is 35.6 Å². The number of nitrogens with one attached hydrogen (secondary N) is 1. The summed E-state index contributed by atoms with van der Waals surface area (Å²) in [4.78, 5) is 15.7. The SMILES string of the molecule is COc1cc(OC)cc(C(=O)N2CC[C@H](NCCCc3ccccc3Cl)C[C@@H]2Cc2ccccc2)c1. The van der Waals surface area contributed by atoms with E-state index >= 15 is 0 Å². The van der Waals surface area contributed by atoms with Crippen LogP contribution < -0.4 is 14.8 Å². The number of carbonyl (C=O) groups excluding carboxylic acids is 1. The van der Waals surface area contributed by atoms with Crippen LogP contribution in [-0.2, 0) is 12.8 Å². The van der Waals surface area contributed by atoms with E-state index in [4.69, 9.17) is 21.1 Å². The van der Waals surface area contributed by atoms with Crippen molar-refractivity contribution in [3.63, 3.8) is 0 Å². The average Bonchev–Trinajstić information content (AvgIpc) is 2.92. The zero-order chi connectivity index (χ0) is 25.3. The van der Waals surface area contributed by atoms with Crippen LogP contribution in [-0.4, -0.2) is 50.2 Å². The minimum atomic E-state index is 0.0188. The molecule has 0 radical (unpaired) electrons. The molecular formula is C30H35ClN2O3. The van der Waals surface area contributed by atoms with Gasteiger partial charge in [-0.15, -0.1) is 0 Å². The van der Waals surface area contributed by atoms with E-state index in [0.29, 0.717) is 29.6 Å². The van der Waals surface area contributed by atoms with Crippen LogP contribution in [0.2, 0.25) is 5.02 Å². The molecule has 5 nitrogen and oxygen atoms in total. The van der Waals surface area contributed by atoms with E-state index < -0.39 is 0 Å². The lowest BCUT2D eigenvalue weighted by molar-refractivity contribution is 0.0576. The Morgan fingerprint density at radius 1 is 1.00 bits per heavy atom. The highest BCUT2D eigenvalue weighted by Gasteiger charge is 2.32. The van der Waals surface area contributed by atoms with Crippen LogP contribution in [0.15, 0.2) is 72.8 Å². The molecule has 0 aliphatic carbocycles. The lowest BCUT2D eigenvalue weighted by Gasteiger charge is -2.40. The van der Waals surface area contributed by atoms with Gasteiger partial charge in [-0.25, -0.2) is 0 Å². The van der Waals surface area contributed by atoms with E-state index in [-0.39, 0.29) is 11.9 Å². The van der Waals surface area contributed by atoms with Crippen LogP contribution in [0.4, 0.5) is 0 Å². The molecule has 1 amide bonds. The Hall–Kier alpha value is -3.02. The maximum atomic E-state index is 13.7. The van der Waals surface area contributed by atoms with Crippen molar-refractivity contribution in [2.75, 3.05) is 27.3 Å². The highest BCUT2D eigenvalue weighted by Crippen LogP contribution is 2.28. The van der Waals surface area contributed by atoms with Gasteiger partial charge in [-0.2, -0.15) is 0 Å². The summed E-state index contributed by atoms with van der Waals surface area (Å²) in [6.07, 6.45) is 4.63. The zero-order valence-corrected chi connectivity index (χ0v) is 21.8. The van der Waals surface area contributed by atoms with Gasteiger partial charge in [0.05, 0.1) is 14.2 Å². The third-order valence-electron chi connectivity index (χ3n) is 6.90. The standard InChI is InChI=1S/C30H35ClN2O3/c1-35-27-18-24(19-28(21-27)36-2)30(34)33-16-14-25(20-26(33)17-22-9-4-3-5-10-22)32-15-8-12-23-11-6-7-13-29(23)31/h3-7,9-11,13,18-19,21,25-26,32H,8,12,14-17,20H2,1-2H3/t25-,26-/m0/s1. The normalized spacial score (nSPS) is 17.6. The number of halogens is 1. The van der Waals surface area contributed by atoms with E-state index in [1.54, 1.807) is 32.4 Å². The van der Waals surface area contributed by atoms with Gasteiger partial charge in [0.25, 0.3) is 5.91 Å². The lowest BCUT2D eigenvalue weighted by atomic mass is 9.91. The summed E-state index contributed by atoms with van der Waals surface area (Å²) in [7, 11) is 3.20. The smallest absolute Gasteiger partial charge is 0.254 e. The Morgan fingerprint density at radius 2 is 1.69 bits per heavy atom. The summed E-state index contributed by atoms with van der Waals surface area (Å²) in [5.74, 6) is 1.25. The van der Waals surface area contributed by atoms with Crippen LogP contribution in [0, 0.1) is 0 Å². The van der Waals surface area contributed by atoms with Crippen molar-refractivity contribution in [3.05, 3.63) is 94.5 Å². The number of nitrogens with zero attached hydrogens (tertiary/aromatic N) is 1. The number of hydrogen-bond donors (Lipinski definition) is 1. The predicted octanol–water partition coefficient (Wildman–Crippen LogP) is 5.80. The first kappa shape index (κ1) is 26.1. The number of hydrogen-bond acceptors (Lipinski definition) is 4. The van der Waals surface area contributed by atoms with Crippen molar-refractivity contribution >= 4 is 17.5 Å². The molecule has 0 spiro atoms. The fourth-order valence-electron chi connectivity index (χ4n) is 4.97. The number of methoxy groups -OCH3 is 2. The quantitative estimate of drug-likeness (QED) is 0.353. The molecular weight excluding hydrogens is 472 g/mol. The van der Waals surface area contributed by atoms with E-state index in [1.807, 2.05) is 29.2 Å². The number of rotatable bonds is 10. The second-order valence-corrected chi connectivity index (χ2v) is 9.72. The number of piperidine rings is 1. The fourth-order valence-corrected chi connectivity index (χ4v) is 5.20. The number of aryl methyl sites for hydroxylation is 1. The van der Waals surface area contributed by atoms with E-state index in [9.17, 15) is 4.79 Å². The van der Waals surface area contributed by atoms with Crippen molar-refractivity contribution < 1.29 is 14.3 Å². The fraction of sp³-hybridized carbons (Fsp3) is 0.367. The second-order valence-electron chi connectivity index (χ2n) is 9.31. The summed E-state index contributed by atoms with van der Waals surface area (Å²) in [5, 5.41) is 4.58. The first-order chi connectivity index (χ1) is 17.6. The Bertz CT molecular complexity index is 1120. The summed E-state index contributed by atoms with van der Waals surface area (Å²) < 4.78 is 10.8. The number of benzene rings is 3. The van der Waals surface area contributed by atoms with Crippen molar-refractivity contribution in [1.29, 1.82) is 0 Å². The third kappa shape index (κ3) is 6.80. The first-order valence-electron chi connectivity index (χ1n) is 12.6. The van der Waals surface area contributed by atoms with Crippen LogP contribution in [0.5, 0.6) is 11.5 Å². The molecule has 1 saturated heterocycles. The zero-order valence-electron chi connectivity index (χ0n) is 21.1. The molecule has 0 bridgehead atoms. The number of carbonyl (C=O) groups is 1. The van der Waals surface area contributed by atoms with Gasteiger partial charge in [0.15, 0.2) is 0 Å². The molecule has 0 aromatic heterocycles. The molecule has 6 heteroatoms. The molecule has 1 aliphatic heterocycles. The second kappa shape index (κ2) is 12.8. The van der Waals surface area contributed by atoms with Gasteiger partial charge in [-0.05, 0) is 68.0 Å². The molecule has 1 aliphatic rings. The Kier molecular flexibility index (Phi) is 9.26. The Labute approximate surface area is 219 Å². The van der Waals surface area contributed by atoms with Gasteiger partial charge in [-0.1, -0.05) is 60.1 Å². The molecule has 1 fully saturated rings. The summed E-state index contributed by atoms with van der Waals surface area (Å²) in [5.41, 5.74) is 3.02. The number of likely N-dealkylation sites (tertiary alicyclic amines) is 1. The van der Waals surface area contributed by atoms with Crippen molar-refractivity contribution in [2.45, 2.75) is 44.2 Å². The van der Waals surface area contributed by atoms with Crippen LogP contribution in [0.1, 0.15) is 40.7 Å². The molecule has 1 heterocycles. The Morgan fingerprint density at radius 3 is 2.39 bits per heavy atom. The van der Waals surface area contributed by atoms with Gasteiger partial charge in [0, 0.05) is 35.3 Å². The monoisotopic (exact) mass is 506 g/mol. The summed E-state index contributed by atoms with van der Waals surface area (Å²) in [6, 6.07) is 24.3. The van der Waals surface area contributed by atoms with Gasteiger partial charge < -0.3 is 19.7 Å². The highest BCUT2D eigenvalue weighted by atomic mass is 35.5. The lowest BCUT2D eigenvalue weighted by Crippen LogP contribution is -2.52. The Balaban J connectivity index is 1.43. The molecule has 4 rings (SSSR count). The van der Waals surface area contributed by atoms with Crippen molar-refractivity contribution in [3.8, 4) is 11.5 Å². The van der Waals surface area contributed by atoms with Gasteiger partial charge in [0.1, 0.15) is 11.5 Å². The summed E-state index contributed by atoms with van der Waals surface area (Å²) >= 11 is 6.31. The minimum Gasteiger partial charge on any atom is -0.497 e. The van der Waals surface area contributed by atoms with Gasteiger partial charge in [-0.3, -0.25) is 4.79 Å². The third-order valence-corrected chi connectivity index (χ3v) is 7.27. The van der Waals surface area contributed by atoms with Gasteiger partial charge in [0.2, 0.25) is 0 Å². The molecule has 2 atom stereocenters. The molecule has 0 unspecified atom stereocenters. The largest absolute Gasteiger partial charge is 0.497 e. The molecule has 0 saturated carbocycles. The molecule has 1 N–H and O–H groups in total. The molecule has 3 aromatic carbocycles. The van der Waals surface area contributed by atoms with E-state index in [1.165, 1.54) is 11.1 Å². The van der Waals surface area contributed by atoms with Gasteiger partial charge >= 0.3 is 0 Å². The van der Waals surface area contributed by atoms with E-state index in [0.717, 1.165) is 43.7 Å². The van der Waals surface area contributed by atoms with Crippen LogP contribution in [0.25, 0.3) is 0 Å². The minimum absolute atomic E-state index is 0.0188. The number of amides is 1. The predicted molar refractivity (Wildman–Crippen MR) is 145 cm³/mol. The van der Waals surface area contributed by atoms with Crippen molar-refractivity contribution in [2.24, 2.45) is 0 Å². The topological polar surface area (TPSA) is 50.8 Å². The molecule has 3 aromatic rings. The molecule has 36 heavy (non-hydrogen) atoms. The van der Waals surface area contributed by atoms with Crippen LogP contribution in [0.3, 0.4) is 0 Å². The maximum Gasteiger partial charge on any atom is 0.254 e. The average molecular weight is 507 g/mol.